The van der Waals surface area contributed by atoms with Gasteiger partial charge in [0.05, 0.1) is 11.4 Å². The number of furan rings is 1. The Kier molecular flexibility index (Phi) is 4.67. The van der Waals surface area contributed by atoms with Crippen LogP contribution in [0.1, 0.15) is 25.0 Å². The molecule has 0 aliphatic carbocycles. The summed E-state index contributed by atoms with van der Waals surface area (Å²) in [5.74, 6) is 0. The smallest absolute Gasteiger partial charge is 0.135 e. The summed E-state index contributed by atoms with van der Waals surface area (Å²) < 4.78 is 7.11. The van der Waals surface area contributed by atoms with E-state index in [1.807, 2.05) is 12.1 Å². The topological polar surface area (TPSA) is 16.4 Å². The molecule has 0 bridgehead atoms. The molecule has 0 unspecified atom stereocenters. The first-order valence-corrected chi connectivity index (χ1v) is 13.0. The number of hydrogen-bond donors (Lipinski definition) is 0. The number of benzene rings is 5. The maximum Gasteiger partial charge on any atom is 0.135 e. The van der Waals surface area contributed by atoms with E-state index in [4.69, 9.17) is 4.42 Å². The van der Waals surface area contributed by atoms with Gasteiger partial charge in [-0.15, -0.1) is 0 Å². The second-order valence-electron chi connectivity index (χ2n) is 10.0. The van der Waals surface area contributed by atoms with Gasteiger partial charge in [-0.25, -0.2) is 0 Å². The van der Waals surface area contributed by atoms with Gasteiger partial charge in [-0.05, 0) is 70.8 Å². The van der Waals surface area contributed by atoms with Gasteiger partial charge in [0, 0.05) is 26.3 Å². The lowest BCUT2D eigenvalue weighted by molar-refractivity contribution is 0.632. The Bertz CT molecular complexity index is 1750. The summed E-state index contributed by atoms with van der Waals surface area (Å²) in [7, 11) is 0. The zero-order valence-corrected chi connectivity index (χ0v) is 21.7. The first-order valence-electron chi connectivity index (χ1n) is 12.2. The van der Waals surface area contributed by atoms with Crippen LogP contribution in [0.25, 0.3) is 33.1 Å². The van der Waals surface area contributed by atoms with Crippen molar-refractivity contribution in [2.24, 2.45) is 0 Å². The fourth-order valence-electron chi connectivity index (χ4n) is 5.72. The van der Waals surface area contributed by atoms with Crippen molar-refractivity contribution >= 4 is 54.9 Å². The van der Waals surface area contributed by atoms with Gasteiger partial charge < -0.3 is 9.32 Å². The SMILES string of the molecule is CC1(C)c2ccccc2N(c2cc(Br)cc(-c3ccc4oc5ccccc5c4c3)c2)c2ccccc21. The average molecular weight is 530 g/mol. The zero-order valence-electron chi connectivity index (χ0n) is 20.1. The van der Waals surface area contributed by atoms with Crippen LogP contribution in [0.2, 0.25) is 0 Å². The van der Waals surface area contributed by atoms with Crippen molar-refractivity contribution in [2.75, 3.05) is 4.90 Å². The van der Waals surface area contributed by atoms with Gasteiger partial charge in [-0.2, -0.15) is 0 Å². The number of rotatable bonds is 2. The Labute approximate surface area is 218 Å². The maximum absolute atomic E-state index is 6.07. The Morgan fingerprint density at radius 3 is 2.00 bits per heavy atom. The molecule has 0 atom stereocenters. The van der Waals surface area contributed by atoms with Gasteiger partial charge in [0.15, 0.2) is 0 Å². The first-order chi connectivity index (χ1) is 17.5. The van der Waals surface area contributed by atoms with Gasteiger partial charge in [0.1, 0.15) is 11.2 Å². The highest BCUT2D eigenvalue weighted by atomic mass is 79.9. The first kappa shape index (κ1) is 21.5. The minimum atomic E-state index is -0.0775. The molecule has 2 heterocycles. The molecule has 0 radical (unpaired) electrons. The Balaban J connectivity index is 1.44. The largest absolute Gasteiger partial charge is 0.456 e. The molecule has 5 aromatic carbocycles. The van der Waals surface area contributed by atoms with Gasteiger partial charge in [-0.3, -0.25) is 0 Å². The highest BCUT2D eigenvalue weighted by molar-refractivity contribution is 9.10. The minimum absolute atomic E-state index is 0.0775. The fraction of sp³-hybridized carbons (Fsp3) is 0.0909. The van der Waals surface area contributed by atoms with E-state index >= 15 is 0 Å². The zero-order chi connectivity index (χ0) is 24.4. The lowest BCUT2D eigenvalue weighted by Gasteiger charge is -2.42. The Morgan fingerprint density at radius 2 is 1.25 bits per heavy atom. The highest BCUT2D eigenvalue weighted by Crippen LogP contribution is 2.52. The molecular formula is C33H24BrNO. The van der Waals surface area contributed by atoms with Crippen LogP contribution in [0.5, 0.6) is 0 Å². The van der Waals surface area contributed by atoms with Crippen molar-refractivity contribution in [3.63, 3.8) is 0 Å². The lowest BCUT2D eigenvalue weighted by Crippen LogP contribution is -2.30. The molecule has 1 aliphatic rings. The molecule has 0 fully saturated rings. The van der Waals surface area contributed by atoms with E-state index < -0.39 is 0 Å². The number of para-hydroxylation sites is 3. The molecule has 7 rings (SSSR count). The van der Waals surface area contributed by atoms with Gasteiger partial charge >= 0.3 is 0 Å². The number of hydrogen-bond acceptors (Lipinski definition) is 2. The van der Waals surface area contributed by atoms with E-state index in [2.05, 4.69) is 132 Å². The molecule has 0 amide bonds. The van der Waals surface area contributed by atoms with Gasteiger partial charge in [-0.1, -0.05) is 90.4 Å². The Morgan fingerprint density at radius 1 is 0.611 bits per heavy atom. The molecule has 36 heavy (non-hydrogen) atoms. The lowest BCUT2D eigenvalue weighted by atomic mass is 9.73. The minimum Gasteiger partial charge on any atom is -0.456 e. The van der Waals surface area contributed by atoms with E-state index in [-0.39, 0.29) is 5.41 Å². The summed E-state index contributed by atoms with van der Waals surface area (Å²) in [5, 5.41) is 2.28. The molecule has 0 saturated carbocycles. The maximum atomic E-state index is 6.07. The normalized spacial score (nSPS) is 14.1. The summed E-state index contributed by atoms with van der Waals surface area (Å²) in [6.07, 6.45) is 0. The van der Waals surface area contributed by atoms with Crippen LogP contribution >= 0.6 is 15.9 Å². The summed E-state index contributed by atoms with van der Waals surface area (Å²) in [4.78, 5) is 2.40. The second-order valence-corrected chi connectivity index (χ2v) is 10.9. The standard InChI is InChI=1S/C33H24BrNO/c1-33(2)27-10-4-6-12-29(27)35(30-13-7-5-11-28(30)33)24-18-22(17-23(34)20-24)21-15-16-32-26(19-21)25-9-3-8-14-31(25)36-32/h3-20H,1-2H3. The van der Waals surface area contributed by atoms with Crippen molar-refractivity contribution in [1.29, 1.82) is 0 Å². The van der Waals surface area contributed by atoms with Crippen LogP contribution in [-0.2, 0) is 5.41 Å². The van der Waals surface area contributed by atoms with Crippen LogP contribution in [0.3, 0.4) is 0 Å². The van der Waals surface area contributed by atoms with Gasteiger partial charge in [0.2, 0.25) is 0 Å². The molecule has 174 valence electrons. The number of halogens is 1. The van der Waals surface area contributed by atoms with E-state index in [1.165, 1.54) is 22.5 Å². The van der Waals surface area contributed by atoms with Crippen LogP contribution < -0.4 is 4.90 Å². The third-order valence-corrected chi connectivity index (χ3v) is 7.95. The molecular weight excluding hydrogens is 506 g/mol. The predicted octanol–water partition coefficient (Wildman–Crippen LogP) is 10.1. The molecule has 3 heteroatoms. The van der Waals surface area contributed by atoms with Crippen molar-refractivity contribution in [3.8, 4) is 11.1 Å². The van der Waals surface area contributed by atoms with E-state index in [9.17, 15) is 0 Å². The fourth-order valence-corrected chi connectivity index (χ4v) is 6.20. The van der Waals surface area contributed by atoms with Crippen LogP contribution in [-0.4, -0.2) is 0 Å². The van der Waals surface area contributed by atoms with Crippen molar-refractivity contribution < 1.29 is 4.42 Å². The second kappa shape index (κ2) is 7.84. The third kappa shape index (κ3) is 3.16. The van der Waals surface area contributed by atoms with Crippen molar-refractivity contribution in [3.05, 3.63) is 125 Å². The number of anilines is 3. The number of fused-ring (bicyclic) bond motifs is 5. The van der Waals surface area contributed by atoms with Crippen LogP contribution in [0, 0.1) is 0 Å². The van der Waals surface area contributed by atoms with Crippen molar-refractivity contribution in [1.82, 2.24) is 0 Å². The molecule has 1 aliphatic heterocycles. The average Bonchev–Trinajstić information content (AvgIpc) is 3.27. The summed E-state index contributed by atoms with van der Waals surface area (Å²) in [6.45, 7) is 4.64. The third-order valence-electron chi connectivity index (χ3n) is 7.49. The molecule has 0 N–H and O–H groups in total. The predicted molar refractivity (Wildman–Crippen MR) is 154 cm³/mol. The van der Waals surface area contributed by atoms with Crippen LogP contribution in [0.15, 0.2) is 118 Å². The number of nitrogens with zero attached hydrogens (tertiary/aromatic N) is 1. The highest BCUT2D eigenvalue weighted by Gasteiger charge is 2.36. The molecule has 6 aromatic rings. The van der Waals surface area contributed by atoms with E-state index in [0.29, 0.717) is 0 Å². The summed E-state index contributed by atoms with van der Waals surface area (Å²) in [5.41, 5.74) is 10.3. The van der Waals surface area contributed by atoms with Gasteiger partial charge in [0.25, 0.3) is 0 Å². The molecule has 2 nitrogen and oxygen atoms in total. The molecule has 0 saturated heterocycles. The van der Waals surface area contributed by atoms with Crippen LogP contribution in [0.4, 0.5) is 17.1 Å². The molecule has 0 spiro atoms. The summed E-state index contributed by atoms with van der Waals surface area (Å²) in [6, 6.07) is 38.9. The van der Waals surface area contributed by atoms with Crippen molar-refractivity contribution in [2.45, 2.75) is 19.3 Å². The monoisotopic (exact) mass is 529 g/mol. The summed E-state index contributed by atoms with van der Waals surface area (Å²) >= 11 is 3.82. The van der Waals surface area contributed by atoms with E-state index in [0.717, 1.165) is 43.2 Å². The quantitative estimate of drug-likeness (QED) is 0.221. The Hall–Kier alpha value is -3.82. The molecule has 1 aromatic heterocycles. The van der Waals surface area contributed by atoms with E-state index in [1.54, 1.807) is 0 Å².